The summed E-state index contributed by atoms with van der Waals surface area (Å²) >= 11 is 0. The van der Waals surface area contributed by atoms with Gasteiger partial charge in [-0.05, 0) is 30.3 Å². The van der Waals surface area contributed by atoms with E-state index in [1.807, 2.05) is 12.1 Å². The maximum absolute atomic E-state index is 14.4. The molecular weight excluding hydrogens is 479 g/mol. The van der Waals surface area contributed by atoms with Gasteiger partial charge in [-0.15, -0.1) is 5.10 Å². The average Bonchev–Trinajstić information content (AvgIpc) is 3.43. The van der Waals surface area contributed by atoms with E-state index in [0.717, 1.165) is 5.56 Å². The van der Waals surface area contributed by atoms with E-state index in [1.165, 1.54) is 15.3 Å². The van der Waals surface area contributed by atoms with Crippen LogP contribution in [-0.2, 0) is 19.6 Å². The van der Waals surface area contributed by atoms with Crippen molar-refractivity contribution in [2.75, 3.05) is 20.8 Å². The number of ether oxygens (including phenoxy) is 2. The summed E-state index contributed by atoms with van der Waals surface area (Å²) in [4.78, 5) is 17.8. The molecule has 11 heteroatoms. The molecule has 190 valence electrons. The summed E-state index contributed by atoms with van der Waals surface area (Å²) < 4.78 is 29.5. The number of nitrogens with zero attached hydrogens (tertiary/aromatic N) is 6. The Hall–Kier alpha value is -4.51. The molecule has 3 aromatic heterocycles. The molecule has 0 aliphatic carbocycles. The van der Waals surface area contributed by atoms with E-state index >= 15 is 0 Å². The SMILES string of the molecule is COc1ccc(Cn2c(-c3nn(Cc4ccccc4F)c4ncccc34)nn(CCO)c2=O)c(OC)c1. The quantitative estimate of drug-likeness (QED) is 0.329. The van der Waals surface area contributed by atoms with Gasteiger partial charge in [-0.2, -0.15) is 5.10 Å². The third-order valence-electron chi connectivity index (χ3n) is 6.05. The summed E-state index contributed by atoms with van der Waals surface area (Å²) in [5.41, 5.74) is 1.71. The molecule has 0 saturated heterocycles. The first-order valence-corrected chi connectivity index (χ1v) is 11.6. The van der Waals surface area contributed by atoms with Crippen LogP contribution in [0.1, 0.15) is 11.1 Å². The topological polar surface area (TPSA) is 109 Å². The molecule has 10 nitrogen and oxygen atoms in total. The van der Waals surface area contributed by atoms with Gasteiger partial charge >= 0.3 is 5.69 Å². The molecule has 0 saturated carbocycles. The molecule has 0 bridgehead atoms. The van der Waals surface area contributed by atoms with Gasteiger partial charge in [-0.1, -0.05) is 18.2 Å². The minimum absolute atomic E-state index is 0.0186. The Bertz CT molecular complexity index is 1620. The van der Waals surface area contributed by atoms with Gasteiger partial charge in [0.05, 0.1) is 45.8 Å². The van der Waals surface area contributed by atoms with Gasteiger partial charge in [-0.25, -0.2) is 23.5 Å². The van der Waals surface area contributed by atoms with Crippen molar-refractivity contribution >= 4 is 11.0 Å². The van der Waals surface area contributed by atoms with Crippen LogP contribution in [0.3, 0.4) is 0 Å². The highest BCUT2D eigenvalue weighted by Crippen LogP contribution is 2.29. The van der Waals surface area contributed by atoms with Gasteiger partial charge in [0.2, 0.25) is 0 Å². The average molecular weight is 505 g/mol. The van der Waals surface area contributed by atoms with Crippen molar-refractivity contribution in [1.82, 2.24) is 29.1 Å². The van der Waals surface area contributed by atoms with Crippen LogP contribution in [-0.4, -0.2) is 55.0 Å². The normalized spacial score (nSPS) is 11.2. The van der Waals surface area contributed by atoms with E-state index in [0.29, 0.717) is 39.6 Å². The second-order valence-corrected chi connectivity index (χ2v) is 8.29. The predicted octanol–water partition coefficient (Wildman–Crippen LogP) is 2.70. The van der Waals surface area contributed by atoms with E-state index < -0.39 is 5.69 Å². The van der Waals surface area contributed by atoms with Crippen molar-refractivity contribution in [2.45, 2.75) is 19.6 Å². The molecular formula is C26H25FN6O4. The number of fused-ring (bicyclic) bond motifs is 1. The number of methoxy groups -OCH3 is 2. The molecule has 5 rings (SSSR count). The van der Waals surface area contributed by atoms with Crippen LogP contribution in [0.4, 0.5) is 4.39 Å². The Morgan fingerprint density at radius 1 is 0.946 bits per heavy atom. The van der Waals surface area contributed by atoms with Crippen LogP contribution in [0.25, 0.3) is 22.6 Å². The second kappa shape index (κ2) is 10.2. The lowest BCUT2D eigenvalue weighted by atomic mass is 10.2. The van der Waals surface area contributed by atoms with Gasteiger partial charge in [0.1, 0.15) is 23.0 Å². The maximum Gasteiger partial charge on any atom is 0.346 e. The van der Waals surface area contributed by atoms with Crippen molar-refractivity contribution in [3.05, 3.63) is 88.2 Å². The van der Waals surface area contributed by atoms with E-state index in [2.05, 4.69) is 10.1 Å². The molecule has 0 aliphatic rings. The number of halogens is 1. The van der Waals surface area contributed by atoms with Gasteiger partial charge in [-0.3, -0.25) is 4.57 Å². The summed E-state index contributed by atoms with van der Waals surface area (Å²) in [6.45, 7) is 0.0414. The first-order valence-electron chi connectivity index (χ1n) is 11.6. The van der Waals surface area contributed by atoms with Crippen LogP contribution >= 0.6 is 0 Å². The fourth-order valence-corrected chi connectivity index (χ4v) is 4.22. The largest absolute Gasteiger partial charge is 0.497 e. The lowest BCUT2D eigenvalue weighted by Gasteiger charge is -2.11. The number of hydrogen-bond donors (Lipinski definition) is 1. The fourth-order valence-electron chi connectivity index (χ4n) is 4.22. The van der Waals surface area contributed by atoms with Crippen LogP contribution in [0, 0.1) is 5.82 Å². The first-order chi connectivity index (χ1) is 18.0. The minimum atomic E-state index is -0.414. The van der Waals surface area contributed by atoms with Crippen LogP contribution < -0.4 is 15.2 Å². The summed E-state index contributed by atoms with van der Waals surface area (Å²) in [5.74, 6) is 1.11. The standard InChI is InChI=1S/C26H25FN6O4/c1-36-19-10-9-18(22(14-19)37-2)15-31-25(30-32(12-13-34)26(31)35)23-20-7-5-11-28-24(20)33(29-23)16-17-6-3-4-8-21(17)27/h3-11,14,34H,12-13,15-16H2,1-2H3. The number of benzene rings is 2. The zero-order valence-electron chi connectivity index (χ0n) is 20.3. The van der Waals surface area contributed by atoms with Crippen molar-refractivity contribution < 1.29 is 19.0 Å². The summed E-state index contributed by atoms with van der Waals surface area (Å²) in [6.07, 6.45) is 1.63. The molecule has 37 heavy (non-hydrogen) atoms. The minimum Gasteiger partial charge on any atom is -0.497 e. The number of rotatable bonds is 9. The first kappa shape index (κ1) is 24.2. The third-order valence-corrected chi connectivity index (χ3v) is 6.05. The maximum atomic E-state index is 14.4. The fraction of sp³-hybridized carbons (Fsp3) is 0.231. The number of aromatic nitrogens is 6. The van der Waals surface area contributed by atoms with Crippen molar-refractivity contribution in [1.29, 1.82) is 0 Å². The molecule has 0 atom stereocenters. The van der Waals surface area contributed by atoms with E-state index in [9.17, 15) is 14.3 Å². The molecule has 0 fully saturated rings. The monoisotopic (exact) mass is 504 g/mol. The lowest BCUT2D eigenvalue weighted by Crippen LogP contribution is -2.26. The van der Waals surface area contributed by atoms with E-state index in [4.69, 9.17) is 14.6 Å². The highest BCUT2D eigenvalue weighted by molar-refractivity contribution is 5.89. The molecule has 3 heterocycles. The zero-order valence-corrected chi connectivity index (χ0v) is 20.3. The summed E-state index contributed by atoms with van der Waals surface area (Å²) in [6, 6.07) is 15.4. The molecule has 2 aromatic carbocycles. The summed E-state index contributed by atoms with van der Waals surface area (Å²) in [5, 5.41) is 19.4. The van der Waals surface area contributed by atoms with E-state index in [1.54, 1.807) is 61.5 Å². The second-order valence-electron chi connectivity index (χ2n) is 8.29. The van der Waals surface area contributed by atoms with Gasteiger partial charge in [0, 0.05) is 23.4 Å². The van der Waals surface area contributed by atoms with E-state index in [-0.39, 0.29) is 32.1 Å². The molecule has 0 radical (unpaired) electrons. The van der Waals surface area contributed by atoms with Crippen LogP contribution in [0.5, 0.6) is 11.5 Å². The Morgan fingerprint density at radius 2 is 1.78 bits per heavy atom. The van der Waals surface area contributed by atoms with Crippen molar-refractivity contribution in [3.63, 3.8) is 0 Å². The number of pyridine rings is 1. The van der Waals surface area contributed by atoms with Gasteiger partial charge in [0.25, 0.3) is 0 Å². The van der Waals surface area contributed by atoms with Crippen molar-refractivity contribution in [2.24, 2.45) is 0 Å². The Morgan fingerprint density at radius 3 is 2.54 bits per heavy atom. The number of hydrogen-bond acceptors (Lipinski definition) is 7. The number of aliphatic hydroxyl groups excluding tert-OH is 1. The smallest absolute Gasteiger partial charge is 0.346 e. The Kier molecular flexibility index (Phi) is 6.69. The lowest BCUT2D eigenvalue weighted by molar-refractivity contribution is 0.266. The van der Waals surface area contributed by atoms with Crippen LogP contribution in [0.2, 0.25) is 0 Å². The van der Waals surface area contributed by atoms with Gasteiger partial charge in [0.15, 0.2) is 11.5 Å². The highest BCUT2D eigenvalue weighted by atomic mass is 19.1. The molecule has 5 aromatic rings. The third kappa shape index (κ3) is 4.56. The molecule has 0 unspecified atom stereocenters. The summed E-state index contributed by atoms with van der Waals surface area (Å²) in [7, 11) is 3.10. The van der Waals surface area contributed by atoms with Crippen LogP contribution in [0.15, 0.2) is 65.6 Å². The molecule has 0 amide bonds. The predicted molar refractivity (Wildman–Crippen MR) is 134 cm³/mol. The Balaban J connectivity index is 1.66. The Labute approximate surface area is 211 Å². The molecule has 0 aliphatic heterocycles. The molecule has 0 spiro atoms. The number of aliphatic hydroxyl groups is 1. The van der Waals surface area contributed by atoms with Crippen molar-refractivity contribution in [3.8, 4) is 23.0 Å². The van der Waals surface area contributed by atoms with Gasteiger partial charge < -0.3 is 14.6 Å². The zero-order chi connectivity index (χ0) is 25.9. The molecule has 1 N–H and O–H groups in total. The highest BCUT2D eigenvalue weighted by Gasteiger charge is 2.23.